The van der Waals surface area contributed by atoms with E-state index in [4.69, 9.17) is 4.74 Å². The van der Waals surface area contributed by atoms with Crippen molar-refractivity contribution in [2.45, 2.75) is 17.7 Å². The number of sulfonamides is 1. The highest BCUT2D eigenvalue weighted by molar-refractivity contribution is 7.89. The first-order valence-corrected chi connectivity index (χ1v) is 9.72. The molecule has 0 aromatic heterocycles. The summed E-state index contributed by atoms with van der Waals surface area (Å²) < 4.78 is 45.1. The number of rotatable bonds is 7. The smallest absolute Gasteiger partial charge is 0.414 e. The van der Waals surface area contributed by atoms with E-state index in [-0.39, 0.29) is 17.3 Å². The fourth-order valence-electron chi connectivity index (χ4n) is 2.71. The lowest BCUT2D eigenvalue weighted by molar-refractivity contribution is 0.181. The van der Waals surface area contributed by atoms with Crippen LogP contribution in [0.25, 0.3) is 0 Å². The van der Waals surface area contributed by atoms with Gasteiger partial charge in [0.15, 0.2) is 0 Å². The van der Waals surface area contributed by atoms with E-state index < -0.39 is 16.1 Å². The van der Waals surface area contributed by atoms with Gasteiger partial charge in [0, 0.05) is 12.2 Å². The van der Waals surface area contributed by atoms with Gasteiger partial charge in [0.1, 0.15) is 12.4 Å². The van der Waals surface area contributed by atoms with Crippen LogP contribution in [0.2, 0.25) is 0 Å². The van der Waals surface area contributed by atoms with Crippen molar-refractivity contribution < 1.29 is 22.3 Å². The number of benzene rings is 2. The van der Waals surface area contributed by atoms with Crippen molar-refractivity contribution in [3.05, 3.63) is 59.9 Å². The topological polar surface area (TPSA) is 75.7 Å². The van der Waals surface area contributed by atoms with Crippen LogP contribution in [0.5, 0.6) is 0 Å². The zero-order valence-electron chi connectivity index (χ0n) is 14.0. The number of aryl methyl sites for hydroxylation is 1. The van der Waals surface area contributed by atoms with Crippen LogP contribution in [0.1, 0.15) is 12.0 Å². The van der Waals surface area contributed by atoms with E-state index in [1.807, 2.05) is 0 Å². The molecule has 1 heterocycles. The number of nitrogens with zero attached hydrogens (tertiary/aromatic N) is 1. The molecule has 138 valence electrons. The molecule has 1 fully saturated rings. The van der Waals surface area contributed by atoms with E-state index >= 15 is 0 Å². The number of carbonyl (C=O) groups excluding carboxylic acids is 1. The molecule has 2 aromatic carbocycles. The van der Waals surface area contributed by atoms with Gasteiger partial charge in [0.25, 0.3) is 0 Å². The number of ether oxygens (including phenoxy) is 1. The molecule has 0 aliphatic carbocycles. The summed E-state index contributed by atoms with van der Waals surface area (Å²) in [4.78, 5) is 13.1. The van der Waals surface area contributed by atoms with Crippen LogP contribution < -0.4 is 9.62 Å². The standard InChI is InChI=1S/C18H19FN2O4S/c19-15-5-1-3-14(13-15)4-2-10-20-26(23,24)17-8-6-16(7-9-17)21-11-12-25-18(21)22/h1,3,5-9,13,20H,2,4,10-12H2. The molecule has 2 aromatic rings. The Hall–Kier alpha value is -2.45. The first-order valence-electron chi connectivity index (χ1n) is 8.24. The molecule has 0 bridgehead atoms. The molecule has 0 unspecified atom stereocenters. The van der Waals surface area contributed by atoms with Crippen LogP contribution in [0.15, 0.2) is 53.4 Å². The van der Waals surface area contributed by atoms with E-state index in [0.717, 1.165) is 5.56 Å². The van der Waals surface area contributed by atoms with Crippen molar-refractivity contribution in [2.75, 3.05) is 24.6 Å². The average molecular weight is 378 g/mol. The zero-order chi connectivity index (χ0) is 18.6. The monoisotopic (exact) mass is 378 g/mol. The maximum Gasteiger partial charge on any atom is 0.414 e. The second-order valence-corrected chi connectivity index (χ2v) is 7.66. The van der Waals surface area contributed by atoms with Crippen molar-refractivity contribution in [1.82, 2.24) is 4.72 Å². The van der Waals surface area contributed by atoms with Crippen LogP contribution in [0, 0.1) is 5.82 Å². The van der Waals surface area contributed by atoms with Crippen molar-refractivity contribution in [1.29, 1.82) is 0 Å². The van der Waals surface area contributed by atoms with Gasteiger partial charge >= 0.3 is 6.09 Å². The van der Waals surface area contributed by atoms with Crippen LogP contribution in [-0.4, -0.2) is 34.2 Å². The minimum Gasteiger partial charge on any atom is -0.447 e. The highest BCUT2D eigenvalue weighted by Crippen LogP contribution is 2.21. The van der Waals surface area contributed by atoms with E-state index in [2.05, 4.69) is 4.72 Å². The molecule has 0 spiro atoms. The Morgan fingerprint density at radius 2 is 1.92 bits per heavy atom. The summed E-state index contributed by atoms with van der Waals surface area (Å²) in [7, 11) is -3.64. The molecule has 6 nitrogen and oxygen atoms in total. The minimum absolute atomic E-state index is 0.125. The molecule has 0 atom stereocenters. The Bertz CT molecular complexity index is 884. The van der Waals surface area contributed by atoms with Gasteiger partial charge in [-0.05, 0) is 54.8 Å². The van der Waals surface area contributed by atoms with Gasteiger partial charge in [-0.1, -0.05) is 12.1 Å². The Morgan fingerprint density at radius 3 is 2.58 bits per heavy atom. The summed E-state index contributed by atoms with van der Waals surface area (Å²) in [6, 6.07) is 12.3. The molecule has 0 radical (unpaired) electrons. The highest BCUT2D eigenvalue weighted by atomic mass is 32.2. The summed E-state index contributed by atoms with van der Waals surface area (Å²) in [5.74, 6) is -0.301. The normalized spacial score (nSPS) is 14.5. The zero-order valence-corrected chi connectivity index (χ0v) is 14.8. The van der Waals surface area contributed by atoms with E-state index in [9.17, 15) is 17.6 Å². The summed E-state index contributed by atoms with van der Waals surface area (Å²) in [5, 5.41) is 0. The number of hydrogen-bond acceptors (Lipinski definition) is 4. The Balaban J connectivity index is 1.55. The van der Waals surface area contributed by atoms with Crippen molar-refractivity contribution >= 4 is 21.8 Å². The maximum absolute atomic E-state index is 13.1. The fourth-order valence-corrected chi connectivity index (χ4v) is 3.78. The largest absolute Gasteiger partial charge is 0.447 e. The van der Waals surface area contributed by atoms with Gasteiger partial charge in [0.2, 0.25) is 10.0 Å². The average Bonchev–Trinajstić information content (AvgIpc) is 3.05. The molecule has 3 rings (SSSR count). The SMILES string of the molecule is O=C1OCCN1c1ccc(S(=O)(=O)NCCCc2cccc(F)c2)cc1. The lowest BCUT2D eigenvalue weighted by atomic mass is 10.1. The van der Waals surface area contributed by atoms with Crippen LogP contribution in [0.4, 0.5) is 14.9 Å². The van der Waals surface area contributed by atoms with Gasteiger partial charge in [-0.3, -0.25) is 4.90 Å². The summed E-state index contributed by atoms with van der Waals surface area (Å²) in [6.45, 7) is 1.02. The molecule has 0 saturated carbocycles. The number of hydrogen-bond donors (Lipinski definition) is 1. The van der Waals surface area contributed by atoms with Gasteiger partial charge in [-0.25, -0.2) is 22.3 Å². The second-order valence-electron chi connectivity index (χ2n) is 5.89. The van der Waals surface area contributed by atoms with E-state index in [0.29, 0.717) is 31.7 Å². The van der Waals surface area contributed by atoms with Gasteiger partial charge in [0.05, 0.1) is 11.4 Å². The third-order valence-corrected chi connectivity index (χ3v) is 5.52. The Kier molecular flexibility index (Phi) is 5.53. The van der Waals surface area contributed by atoms with Crippen molar-refractivity contribution in [3.63, 3.8) is 0 Å². The van der Waals surface area contributed by atoms with Crippen LogP contribution >= 0.6 is 0 Å². The molecular weight excluding hydrogens is 359 g/mol. The van der Waals surface area contributed by atoms with Gasteiger partial charge < -0.3 is 4.74 Å². The molecule has 1 aliphatic heterocycles. The number of halogens is 1. The quantitative estimate of drug-likeness (QED) is 0.752. The molecular formula is C18H19FN2O4S. The third-order valence-electron chi connectivity index (χ3n) is 4.04. The van der Waals surface area contributed by atoms with Crippen LogP contribution in [0.3, 0.4) is 0 Å². The van der Waals surface area contributed by atoms with E-state index in [1.54, 1.807) is 24.3 Å². The molecule has 26 heavy (non-hydrogen) atoms. The maximum atomic E-state index is 13.1. The number of cyclic esters (lactones) is 1. The highest BCUT2D eigenvalue weighted by Gasteiger charge is 2.24. The molecule has 1 aliphatic rings. The molecule has 1 amide bonds. The lowest BCUT2D eigenvalue weighted by Gasteiger charge is -2.13. The first kappa shape index (κ1) is 18.3. The number of amides is 1. The number of nitrogens with one attached hydrogen (secondary N) is 1. The van der Waals surface area contributed by atoms with Crippen molar-refractivity contribution in [2.24, 2.45) is 0 Å². The number of carbonyl (C=O) groups is 1. The lowest BCUT2D eigenvalue weighted by Crippen LogP contribution is -2.26. The van der Waals surface area contributed by atoms with Gasteiger partial charge in [-0.15, -0.1) is 0 Å². The molecule has 1 N–H and O–H groups in total. The minimum atomic E-state index is -3.64. The fraction of sp³-hybridized carbons (Fsp3) is 0.278. The predicted molar refractivity (Wildman–Crippen MR) is 95.0 cm³/mol. The summed E-state index contributed by atoms with van der Waals surface area (Å²) >= 11 is 0. The number of anilines is 1. The molecule has 8 heteroatoms. The Labute approximate surface area is 151 Å². The summed E-state index contributed by atoms with van der Waals surface area (Å²) in [5.41, 5.74) is 1.42. The third kappa shape index (κ3) is 4.39. The summed E-state index contributed by atoms with van der Waals surface area (Å²) in [6.07, 6.45) is 0.701. The van der Waals surface area contributed by atoms with Crippen molar-refractivity contribution in [3.8, 4) is 0 Å². The first-order chi connectivity index (χ1) is 12.5. The van der Waals surface area contributed by atoms with E-state index in [1.165, 1.54) is 29.2 Å². The Morgan fingerprint density at radius 1 is 1.15 bits per heavy atom. The predicted octanol–water partition coefficient (Wildman–Crippen LogP) is 2.69. The molecule has 1 saturated heterocycles. The van der Waals surface area contributed by atoms with Crippen LogP contribution in [-0.2, 0) is 21.2 Å². The second kappa shape index (κ2) is 7.84. The van der Waals surface area contributed by atoms with Gasteiger partial charge in [-0.2, -0.15) is 0 Å².